The Bertz CT molecular complexity index is 658. The van der Waals surface area contributed by atoms with E-state index < -0.39 is 0 Å². The van der Waals surface area contributed by atoms with Crippen molar-refractivity contribution in [2.45, 2.75) is 19.0 Å². The third-order valence-electron chi connectivity index (χ3n) is 4.46. The highest BCUT2D eigenvalue weighted by molar-refractivity contribution is 5.94. The average Bonchev–Trinajstić information content (AvgIpc) is 3.10. The predicted molar refractivity (Wildman–Crippen MR) is 87.4 cm³/mol. The molecule has 128 valence electrons. The number of nitrogens with zero attached hydrogens (tertiary/aromatic N) is 6. The SMILES string of the molecule is CN1CCN(C(=O)c2ccc(Cn3cnnn3)cc2)CC1CCO. The molecule has 8 nitrogen and oxygen atoms in total. The number of aliphatic hydroxyl groups is 1. The van der Waals surface area contributed by atoms with E-state index in [1.54, 1.807) is 11.0 Å². The minimum Gasteiger partial charge on any atom is -0.396 e. The summed E-state index contributed by atoms with van der Waals surface area (Å²) in [5, 5.41) is 20.2. The monoisotopic (exact) mass is 330 g/mol. The number of benzene rings is 1. The summed E-state index contributed by atoms with van der Waals surface area (Å²) in [5.41, 5.74) is 1.72. The first-order valence-electron chi connectivity index (χ1n) is 8.07. The van der Waals surface area contributed by atoms with Crippen molar-refractivity contribution in [3.8, 4) is 0 Å². The third-order valence-corrected chi connectivity index (χ3v) is 4.46. The summed E-state index contributed by atoms with van der Waals surface area (Å²) < 4.78 is 1.64. The van der Waals surface area contributed by atoms with Crippen LogP contribution < -0.4 is 0 Å². The van der Waals surface area contributed by atoms with E-state index in [0.29, 0.717) is 31.6 Å². The number of amides is 1. The topological polar surface area (TPSA) is 87.4 Å². The van der Waals surface area contributed by atoms with E-state index in [1.807, 2.05) is 36.2 Å². The second-order valence-electron chi connectivity index (χ2n) is 6.10. The zero-order chi connectivity index (χ0) is 16.9. The molecule has 1 aliphatic heterocycles. The van der Waals surface area contributed by atoms with Crippen LogP contribution >= 0.6 is 0 Å². The number of hydrogen-bond acceptors (Lipinski definition) is 6. The second kappa shape index (κ2) is 7.50. The lowest BCUT2D eigenvalue weighted by molar-refractivity contribution is 0.0500. The van der Waals surface area contributed by atoms with E-state index in [4.69, 9.17) is 5.11 Å². The van der Waals surface area contributed by atoms with Gasteiger partial charge in [-0.1, -0.05) is 12.1 Å². The molecule has 0 aliphatic carbocycles. The van der Waals surface area contributed by atoms with E-state index in [2.05, 4.69) is 20.4 Å². The second-order valence-corrected chi connectivity index (χ2v) is 6.10. The standard InChI is InChI=1S/C16H22N6O2/c1-20-7-8-21(11-15(20)6-9-23)16(24)14-4-2-13(3-5-14)10-22-12-17-18-19-22/h2-5,12,15,23H,6-11H2,1H3. The number of aromatic nitrogens is 4. The Morgan fingerprint density at radius 2 is 2.08 bits per heavy atom. The van der Waals surface area contributed by atoms with Crippen LogP contribution in [0.25, 0.3) is 0 Å². The summed E-state index contributed by atoms with van der Waals surface area (Å²) in [6, 6.07) is 7.77. The molecule has 1 aromatic carbocycles. The summed E-state index contributed by atoms with van der Waals surface area (Å²) in [5.74, 6) is 0.0417. The van der Waals surface area contributed by atoms with E-state index in [9.17, 15) is 4.79 Å². The zero-order valence-corrected chi connectivity index (χ0v) is 13.7. The van der Waals surface area contributed by atoms with Crippen LogP contribution in [0, 0.1) is 0 Å². The van der Waals surface area contributed by atoms with Crippen molar-refractivity contribution in [1.82, 2.24) is 30.0 Å². The largest absolute Gasteiger partial charge is 0.396 e. The molecule has 1 atom stereocenters. The highest BCUT2D eigenvalue weighted by atomic mass is 16.3. The Kier molecular flexibility index (Phi) is 5.17. The molecule has 8 heteroatoms. The lowest BCUT2D eigenvalue weighted by Crippen LogP contribution is -2.53. The Morgan fingerprint density at radius 1 is 1.29 bits per heavy atom. The molecule has 1 amide bonds. The van der Waals surface area contributed by atoms with Crippen molar-refractivity contribution in [1.29, 1.82) is 0 Å². The van der Waals surface area contributed by atoms with Gasteiger partial charge in [-0.05, 0) is 41.6 Å². The molecule has 0 saturated carbocycles. The molecule has 0 spiro atoms. The molecule has 2 heterocycles. The number of piperazine rings is 1. The van der Waals surface area contributed by atoms with Crippen molar-refractivity contribution in [3.63, 3.8) is 0 Å². The fourth-order valence-corrected chi connectivity index (χ4v) is 2.97. The van der Waals surface area contributed by atoms with Crippen molar-refractivity contribution in [3.05, 3.63) is 41.7 Å². The van der Waals surface area contributed by atoms with Crippen LogP contribution in [0.2, 0.25) is 0 Å². The Hall–Kier alpha value is -2.32. The maximum atomic E-state index is 12.7. The molecule has 1 fully saturated rings. The fourth-order valence-electron chi connectivity index (χ4n) is 2.97. The molecule has 0 bridgehead atoms. The molecular weight excluding hydrogens is 308 g/mol. The first-order chi connectivity index (χ1) is 11.7. The van der Waals surface area contributed by atoms with Crippen LogP contribution in [0.3, 0.4) is 0 Å². The van der Waals surface area contributed by atoms with Gasteiger partial charge in [0, 0.05) is 37.8 Å². The van der Waals surface area contributed by atoms with E-state index in [1.165, 1.54) is 0 Å². The van der Waals surface area contributed by atoms with Gasteiger partial charge in [-0.3, -0.25) is 9.69 Å². The van der Waals surface area contributed by atoms with Crippen LogP contribution in [-0.2, 0) is 6.54 Å². The highest BCUT2D eigenvalue weighted by Gasteiger charge is 2.27. The Morgan fingerprint density at radius 3 is 2.75 bits per heavy atom. The van der Waals surface area contributed by atoms with Crippen LogP contribution in [0.1, 0.15) is 22.3 Å². The van der Waals surface area contributed by atoms with Gasteiger partial charge in [0.25, 0.3) is 5.91 Å². The predicted octanol–water partition coefficient (Wildman–Crippen LogP) is -0.140. The van der Waals surface area contributed by atoms with Crippen molar-refractivity contribution in [2.24, 2.45) is 0 Å². The fraction of sp³-hybridized carbons (Fsp3) is 0.500. The first kappa shape index (κ1) is 16.5. The van der Waals surface area contributed by atoms with Gasteiger partial charge in [0.15, 0.2) is 0 Å². The number of aliphatic hydroxyl groups excluding tert-OH is 1. The number of likely N-dealkylation sites (N-methyl/N-ethyl adjacent to an activating group) is 1. The normalized spacial score (nSPS) is 18.8. The molecule has 0 radical (unpaired) electrons. The van der Waals surface area contributed by atoms with Crippen LogP contribution in [-0.4, -0.2) is 80.4 Å². The van der Waals surface area contributed by atoms with Gasteiger partial charge >= 0.3 is 0 Å². The van der Waals surface area contributed by atoms with Gasteiger partial charge in [-0.25, -0.2) is 4.68 Å². The molecule has 3 rings (SSSR count). The van der Waals surface area contributed by atoms with Gasteiger partial charge in [-0.15, -0.1) is 5.10 Å². The number of rotatable bonds is 5. The van der Waals surface area contributed by atoms with Crippen molar-refractivity contribution >= 4 is 5.91 Å². The van der Waals surface area contributed by atoms with E-state index >= 15 is 0 Å². The summed E-state index contributed by atoms with van der Waals surface area (Å²) in [6.07, 6.45) is 2.25. The zero-order valence-electron chi connectivity index (χ0n) is 13.7. The minimum absolute atomic E-state index is 0.0417. The summed E-state index contributed by atoms with van der Waals surface area (Å²) >= 11 is 0. The number of carbonyl (C=O) groups excluding carboxylic acids is 1. The van der Waals surface area contributed by atoms with Gasteiger partial charge in [0.1, 0.15) is 6.33 Å². The average molecular weight is 330 g/mol. The molecule has 2 aromatic rings. The van der Waals surface area contributed by atoms with Crippen molar-refractivity contribution < 1.29 is 9.90 Å². The molecule has 1 aromatic heterocycles. The smallest absolute Gasteiger partial charge is 0.253 e. The minimum atomic E-state index is 0.0417. The van der Waals surface area contributed by atoms with Gasteiger partial charge < -0.3 is 10.0 Å². The van der Waals surface area contributed by atoms with Gasteiger partial charge in [0.2, 0.25) is 0 Å². The molecule has 1 unspecified atom stereocenters. The highest BCUT2D eigenvalue weighted by Crippen LogP contribution is 2.15. The molecule has 1 aliphatic rings. The summed E-state index contributed by atoms with van der Waals surface area (Å²) in [7, 11) is 2.04. The molecule has 1 N–H and O–H groups in total. The summed E-state index contributed by atoms with van der Waals surface area (Å²) in [6.45, 7) is 2.91. The van der Waals surface area contributed by atoms with Crippen LogP contribution in [0.15, 0.2) is 30.6 Å². The van der Waals surface area contributed by atoms with E-state index in [0.717, 1.165) is 12.1 Å². The molecular formula is C16H22N6O2. The Balaban J connectivity index is 1.64. The van der Waals surface area contributed by atoms with Crippen molar-refractivity contribution in [2.75, 3.05) is 33.3 Å². The Labute approximate surface area is 140 Å². The molecule has 24 heavy (non-hydrogen) atoms. The quantitative estimate of drug-likeness (QED) is 0.821. The summed E-state index contributed by atoms with van der Waals surface area (Å²) in [4.78, 5) is 16.8. The van der Waals surface area contributed by atoms with Gasteiger partial charge in [-0.2, -0.15) is 0 Å². The number of hydrogen-bond donors (Lipinski definition) is 1. The van der Waals surface area contributed by atoms with Crippen LogP contribution in [0.4, 0.5) is 0 Å². The van der Waals surface area contributed by atoms with Crippen LogP contribution in [0.5, 0.6) is 0 Å². The molecule has 1 saturated heterocycles. The lowest BCUT2D eigenvalue weighted by Gasteiger charge is -2.39. The van der Waals surface area contributed by atoms with Gasteiger partial charge in [0.05, 0.1) is 6.54 Å². The first-order valence-corrected chi connectivity index (χ1v) is 8.07. The van der Waals surface area contributed by atoms with E-state index in [-0.39, 0.29) is 18.6 Å². The maximum absolute atomic E-state index is 12.7. The number of carbonyl (C=O) groups is 1. The number of tetrazole rings is 1. The third kappa shape index (κ3) is 3.77. The maximum Gasteiger partial charge on any atom is 0.253 e. The lowest BCUT2D eigenvalue weighted by atomic mass is 10.1.